The van der Waals surface area contributed by atoms with Crippen LogP contribution < -0.4 is 9.80 Å². The van der Waals surface area contributed by atoms with E-state index in [0.29, 0.717) is 33.5 Å². The molecule has 86 heavy (non-hydrogen) atoms. The second-order valence-corrected chi connectivity index (χ2v) is 26.9. The molecule has 0 bridgehead atoms. The summed E-state index contributed by atoms with van der Waals surface area (Å²) in [5, 5.41) is 6.45. The van der Waals surface area contributed by atoms with Gasteiger partial charge in [0.2, 0.25) is 0 Å². The topological polar surface area (TPSA) is 15.3 Å². The number of hydrogen-bond acceptors (Lipinski definition) is 2. The fourth-order valence-corrected chi connectivity index (χ4v) is 13.3. The van der Waals surface area contributed by atoms with E-state index in [1.165, 1.54) is 0 Å². The Kier molecular flexibility index (Phi) is 8.23. The van der Waals surface area contributed by atoms with Crippen molar-refractivity contribution in [1.82, 2.24) is 8.80 Å². The summed E-state index contributed by atoms with van der Waals surface area (Å²) in [6, 6.07) is 29.4. The molecule has 0 amide bonds. The first-order valence-electron chi connectivity index (χ1n) is 38.3. The predicted molar refractivity (Wildman–Crippen MR) is 371 cm³/mol. The number of aromatic nitrogens is 2. The third kappa shape index (κ3) is 8.16. The molecule has 0 saturated heterocycles. The first kappa shape index (κ1) is 37.1. The van der Waals surface area contributed by atoms with Gasteiger partial charge in [-0.05, 0) is 128 Å². The van der Waals surface area contributed by atoms with E-state index >= 15 is 0 Å². The average molecular weight is 1130 g/mol. The van der Waals surface area contributed by atoms with E-state index in [0.717, 1.165) is 87.7 Å². The average Bonchev–Trinajstić information content (AvgIpc) is 1.51. The zero-order chi connectivity index (χ0) is 75.0. The van der Waals surface area contributed by atoms with E-state index in [4.69, 9.17) is 8.22 Å². The lowest BCUT2D eigenvalue weighted by Gasteiger charge is -2.33. The molecule has 0 saturated carbocycles. The highest BCUT2D eigenvalue weighted by molar-refractivity contribution is 6.32. The summed E-state index contributed by atoms with van der Waals surface area (Å²) in [6.45, 7) is 25.1. The number of fused-ring (bicyclic) bond motifs is 12. The zero-order valence-electron chi connectivity index (χ0n) is 68.3. The number of rotatable bonds is 8. The third-order valence-electron chi connectivity index (χ3n) is 17.4. The van der Waals surface area contributed by atoms with Crippen LogP contribution in [0.2, 0.25) is 0 Å². The van der Waals surface area contributed by atoms with Crippen LogP contribution in [0.15, 0.2) is 230 Å². The molecule has 0 aliphatic carbocycles. The van der Waals surface area contributed by atoms with E-state index in [1.54, 1.807) is 0 Å². The smallest absolute Gasteiger partial charge is 0.0645 e. The molecule has 0 fully saturated rings. The maximum absolute atomic E-state index is 10.1. The Morgan fingerprint density at radius 3 is 1.06 bits per heavy atom. The van der Waals surface area contributed by atoms with Crippen molar-refractivity contribution in [3.63, 3.8) is 0 Å². The summed E-state index contributed by atoms with van der Waals surface area (Å²) in [7, 11) is 0. The second kappa shape index (κ2) is 19.1. The van der Waals surface area contributed by atoms with Crippen molar-refractivity contribution < 1.29 is 24.7 Å². The first-order chi connectivity index (χ1) is 48.7. The normalized spacial score (nSPS) is 15.8. The Hall–Kier alpha value is -9.38. The molecule has 11 aromatic carbocycles. The van der Waals surface area contributed by atoms with Crippen LogP contribution in [0.1, 0.15) is 130 Å². The summed E-state index contributed by atoms with van der Waals surface area (Å²) < 4.78 is 172. The summed E-state index contributed by atoms with van der Waals surface area (Å²) in [4.78, 5) is 3.62. The zero-order valence-corrected chi connectivity index (χ0v) is 50.3. The molecule has 4 heteroatoms. The molecule has 4 aromatic heterocycles. The van der Waals surface area contributed by atoms with Gasteiger partial charge in [0.1, 0.15) is 0 Å². The Morgan fingerprint density at radius 2 is 0.674 bits per heavy atom. The maximum Gasteiger partial charge on any atom is 0.0645 e. The lowest BCUT2D eigenvalue weighted by molar-refractivity contribution is 0.590. The number of nitrogens with zero attached hydrogens (tertiary/aromatic N) is 4. The molecule has 15 rings (SSSR count). The third-order valence-corrected chi connectivity index (χ3v) is 17.4. The second-order valence-electron chi connectivity index (χ2n) is 26.9. The maximum atomic E-state index is 10.1. The van der Waals surface area contributed by atoms with E-state index in [1.807, 2.05) is 82.6 Å². The summed E-state index contributed by atoms with van der Waals surface area (Å²) in [5.74, 6) is 0. The molecule has 0 aliphatic heterocycles. The fraction of sp³-hybridized carbons (Fsp3) is 0.195. The van der Waals surface area contributed by atoms with Gasteiger partial charge in [-0.2, -0.15) is 0 Å². The van der Waals surface area contributed by atoms with Gasteiger partial charge in [0.15, 0.2) is 0 Å². The van der Waals surface area contributed by atoms with Crippen LogP contribution in [-0.4, -0.2) is 8.80 Å². The Bertz CT molecular complexity index is 5840. The number of hydrogen-bond donors (Lipinski definition) is 0. The molecule has 0 unspecified atom stereocenters. The molecule has 0 spiro atoms. The van der Waals surface area contributed by atoms with Gasteiger partial charge in [0, 0.05) is 65.6 Å². The van der Waals surface area contributed by atoms with Crippen molar-refractivity contribution in [2.75, 3.05) is 9.80 Å². The van der Waals surface area contributed by atoms with Gasteiger partial charge in [-0.3, -0.25) is 0 Å². The van der Waals surface area contributed by atoms with Crippen LogP contribution in [0.4, 0.5) is 34.1 Å². The molecule has 0 aliphatic rings. The van der Waals surface area contributed by atoms with E-state index in [-0.39, 0.29) is 44.5 Å². The van der Waals surface area contributed by atoms with Gasteiger partial charge >= 0.3 is 0 Å². The fourth-order valence-electron chi connectivity index (χ4n) is 13.3. The summed E-state index contributed by atoms with van der Waals surface area (Å²) in [6.07, 6.45) is 0. The van der Waals surface area contributed by atoms with Crippen LogP contribution in [0.3, 0.4) is 0 Å². The molecule has 0 N–H and O–H groups in total. The van der Waals surface area contributed by atoms with Gasteiger partial charge in [-0.1, -0.05) is 240 Å². The highest BCUT2D eigenvalue weighted by atomic mass is 15.2. The van der Waals surface area contributed by atoms with Crippen LogP contribution in [-0.2, 0) is 21.7 Å². The number of para-hydroxylation sites is 4. The predicted octanol–water partition coefficient (Wildman–Crippen LogP) is 23.5. The van der Waals surface area contributed by atoms with Crippen molar-refractivity contribution in [3.05, 3.63) is 252 Å². The van der Waals surface area contributed by atoms with Gasteiger partial charge in [-0.15, -0.1) is 0 Å². The first-order valence-corrected chi connectivity index (χ1v) is 29.3. The standard InChI is InChI=1S/C82H74N4/c1-79(2,3)53-39-43-67-61(47-53)75-71(83(69-37-25-21-33-63(69)81(7,8)9)65-35-23-19-31-55(65)51-27-15-13-16-28-51)45-41-57-59-50-74-60(49-73(59)85(67)77(57)75)58-42-46-72(76-62-48-54(80(4,5)6)40-44-68(62)86(74)78(58)76)84(70-38-26-22-34-64(70)82(10,11)12)66-36-24-20-32-56(66)52-29-17-14-18-30-52/h13-50H,1-12H3/i13D,14D,15D,16D,17D,18D,19D,20D,23D,24D,27D,28D,29D,30D,31D,32D,35D,36D. The largest absolute Gasteiger partial charge is 0.309 e. The monoisotopic (exact) mass is 1130 g/mol. The highest BCUT2D eigenvalue weighted by Crippen LogP contribution is 2.55. The quantitative estimate of drug-likeness (QED) is 0.151. The van der Waals surface area contributed by atoms with E-state index < -0.39 is 120 Å². The lowest BCUT2D eigenvalue weighted by atomic mass is 9.84. The Labute approximate surface area is 531 Å². The minimum atomic E-state index is -0.661. The van der Waals surface area contributed by atoms with Crippen LogP contribution in [0.5, 0.6) is 0 Å². The van der Waals surface area contributed by atoms with Gasteiger partial charge in [0.25, 0.3) is 0 Å². The van der Waals surface area contributed by atoms with Gasteiger partial charge < -0.3 is 18.6 Å². The van der Waals surface area contributed by atoms with Crippen LogP contribution in [0.25, 0.3) is 98.4 Å². The van der Waals surface area contributed by atoms with Gasteiger partial charge in [-0.25, -0.2) is 0 Å². The van der Waals surface area contributed by atoms with Crippen molar-refractivity contribution >= 4 is 110 Å². The Balaban J connectivity index is 1.11. The molecule has 0 atom stereocenters. The molecule has 4 nitrogen and oxygen atoms in total. The molecular formula is C82H74N4. The van der Waals surface area contributed by atoms with Crippen LogP contribution >= 0.6 is 0 Å². The van der Waals surface area contributed by atoms with Crippen LogP contribution in [0, 0.1) is 0 Å². The Morgan fingerprint density at radius 1 is 0.302 bits per heavy atom. The number of anilines is 6. The van der Waals surface area contributed by atoms with Crippen molar-refractivity contribution in [2.24, 2.45) is 0 Å². The van der Waals surface area contributed by atoms with Crippen molar-refractivity contribution in [1.29, 1.82) is 0 Å². The summed E-state index contributed by atoms with van der Waals surface area (Å²) >= 11 is 0. The lowest BCUT2D eigenvalue weighted by Crippen LogP contribution is -2.19. The number of benzene rings is 11. The van der Waals surface area contributed by atoms with Crippen molar-refractivity contribution in [2.45, 2.75) is 105 Å². The SMILES string of the molecule is [2H]c1c([2H])c([2H])c(-c2c([2H])c([2H])c([2H])c([2H])c2N(c2ccccc2C(C)(C)C)c2ccc3c4cc5c(cc4n4c6ccc(C(C)(C)C)cc6c2c34)c2ccc(N(c3ccccc3C(C)(C)C)c3c([2H])c([2H])c([2H])c([2H])c3-c3c([2H])c([2H])c([2H])c([2H])c3[2H])c3c4cc(C(C)(C)C)ccc4n5c23)c([2H])c1[2H]. The molecular weight excluding hydrogens is 1040 g/mol. The molecule has 422 valence electrons. The highest BCUT2D eigenvalue weighted by Gasteiger charge is 2.33. The van der Waals surface area contributed by atoms with E-state index in [9.17, 15) is 16.4 Å². The molecule has 0 radical (unpaired) electrons. The minimum Gasteiger partial charge on any atom is -0.309 e. The van der Waals surface area contributed by atoms with Crippen molar-refractivity contribution in [3.8, 4) is 22.3 Å². The minimum absolute atomic E-state index is 0.114. The van der Waals surface area contributed by atoms with E-state index in [2.05, 4.69) is 140 Å². The molecule has 4 heterocycles. The van der Waals surface area contributed by atoms with Gasteiger partial charge in [0.05, 0.1) is 80.5 Å². The summed E-state index contributed by atoms with van der Waals surface area (Å²) in [5.41, 5.74) is 7.03. The molecule has 15 aromatic rings.